The summed E-state index contributed by atoms with van der Waals surface area (Å²) in [7, 11) is -2.57. The molecule has 0 aromatic heterocycles. The molecule has 0 saturated carbocycles. The van der Waals surface area contributed by atoms with Gasteiger partial charge in [-0.1, -0.05) is 51.1 Å². The number of carbonyl (C=O) groups is 4. The van der Waals surface area contributed by atoms with Crippen LogP contribution in [0.25, 0.3) is 0 Å². The molecular weight excluding hydrogens is 546 g/mol. The molecule has 10 nitrogen and oxygen atoms in total. The largest absolute Gasteiger partial charge is 0.457 e. The molecule has 0 unspecified atom stereocenters. The van der Waals surface area contributed by atoms with Crippen LogP contribution < -0.4 is 0 Å². The molecule has 0 spiro atoms. The SMILES string of the molecule is CC(=O)CCC(=O)O[C@H]1[C@H](O)[C@@H](N2C(=O)C(C)=C(C)C2=O)[C@H](O[Si](C)(C)C(C)(C)C)O[C@@H]1COCc1ccccc1. The summed E-state index contributed by atoms with van der Waals surface area (Å²) in [6.45, 7) is 14.7. The fourth-order valence-corrected chi connectivity index (χ4v) is 5.55. The highest BCUT2D eigenvalue weighted by Gasteiger charge is 2.56. The molecule has 2 heterocycles. The lowest BCUT2D eigenvalue weighted by Crippen LogP contribution is -2.68. The molecular formula is C30H43NO9Si. The number of amides is 2. The molecule has 2 amide bonds. The number of esters is 1. The second kappa shape index (κ2) is 13.1. The second-order valence-corrected chi connectivity index (χ2v) is 17.0. The van der Waals surface area contributed by atoms with Gasteiger partial charge < -0.3 is 28.5 Å². The molecule has 41 heavy (non-hydrogen) atoms. The minimum atomic E-state index is -2.57. The Morgan fingerprint density at radius 3 is 2.15 bits per heavy atom. The first-order chi connectivity index (χ1) is 19.0. The highest BCUT2D eigenvalue weighted by Crippen LogP contribution is 2.41. The van der Waals surface area contributed by atoms with Crippen molar-refractivity contribution in [2.75, 3.05) is 6.61 Å². The quantitative estimate of drug-likeness (QED) is 0.234. The smallest absolute Gasteiger partial charge is 0.306 e. The predicted molar refractivity (Wildman–Crippen MR) is 153 cm³/mol. The maximum absolute atomic E-state index is 13.3. The zero-order chi connectivity index (χ0) is 30.7. The number of hydrogen-bond donors (Lipinski definition) is 1. The maximum Gasteiger partial charge on any atom is 0.306 e. The Hall–Kier alpha value is -2.70. The summed E-state index contributed by atoms with van der Waals surface area (Å²) in [5, 5.41) is 11.5. The summed E-state index contributed by atoms with van der Waals surface area (Å²) >= 11 is 0. The van der Waals surface area contributed by atoms with Crippen molar-refractivity contribution in [1.29, 1.82) is 0 Å². The first-order valence-corrected chi connectivity index (χ1v) is 16.8. The van der Waals surface area contributed by atoms with E-state index in [9.17, 15) is 24.3 Å². The van der Waals surface area contributed by atoms with Crippen molar-refractivity contribution < 1.29 is 42.9 Å². The van der Waals surface area contributed by atoms with Gasteiger partial charge in [0.2, 0.25) is 0 Å². The van der Waals surface area contributed by atoms with Crippen molar-refractivity contribution in [1.82, 2.24) is 4.90 Å². The van der Waals surface area contributed by atoms with Gasteiger partial charge in [-0.2, -0.15) is 0 Å². The molecule has 0 bridgehead atoms. The predicted octanol–water partition coefficient (Wildman–Crippen LogP) is 3.67. The van der Waals surface area contributed by atoms with Gasteiger partial charge in [-0.15, -0.1) is 0 Å². The molecule has 0 radical (unpaired) electrons. The Morgan fingerprint density at radius 1 is 1.02 bits per heavy atom. The van der Waals surface area contributed by atoms with Crippen LogP contribution in [0.3, 0.4) is 0 Å². The number of nitrogens with zero attached hydrogens (tertiary/aromatic N) is 1. The van der Waals surface area contributed by atoms with Crippen LogP contribution in [0.5, 0.6) is 0 Å². The van der Waals surface area contributed by atoms with E-state index >= 15 is 0 Å². The van der Waals surface area contributed by atoms with E-state index in [0.29, 0.717) is 0 Å². The van der Waals surface area contributed by atoms with Crippen molar-refractivity contribution >= 4 is 31.9 Å². The van der Waals surface area contributed by atoms with Crippen LogP contribution in [0.15, 0.2) is 41.5 Å². The first kappa shape index (κ1) is 32.8. The van der Waals surface area contributed by atoms with Crippen LogP contribution in [-0.2, 0) is 44.4 Å². The highest BCUT2D eigenvalue weighted by atomic mass is 28.4. The van der Waals surface area contributed by atoms with Gasteiger partial charge in [-0.25, -0.2) is 0 Å². The fraction of sp³-hybridized carbons (Fsp3) is 0.600. The fourth-order valence-electron chi connectivity index (χ4n) is 4.43. The Morgan fingerprint density at radius 2 is 1.61 bits per heavy atom. The van der Waals surface area contributed by atoms with Crippen LogP contribution in [0.1, 0.15) is 59.9 Å². The molecule has 1 aromatic rings. The van der Waals surface area contributed by atoms with Crippen LogP contribution >= 0.6 is 0 Å². The number of aliphatic hydroxyl groups is 1. The number of benzene rings is 1. The molecule has 1 fully saturated rings. The zero-order valence-corrected chi connectivity index (χ0v) is 26.3. The van der Waals surface area contributed by atoms with Gasteiger partial charge in [0.05, 0.1) is 19.6 Å². The van der Waals surface area contributed by atoms with E-state index in [2.05, 4.69) is 0 Å². The lowest BCUT2D eigenvalue weighted by molar-refractivity contribution is -0.269. The summed E-state index contributed by atoms with van der Waals surface area (Å²) in [4.78, 5) is 51.7. The van der Waals surface area contributed by atoms with Crippen molar-refractivity contribution in [3.8, 4) is 0 Å². The molecule has 1 saturated heterocycles. The van der Waals surface area contributed by atoms with E-state index in [0.717, 1.165) is 10.5 Å². The van der Waals surface area contributed by atoms with Crippen molar-refractivity contribution in [2.24, 2.45) is 0 Å². The third kappa shape index (κ3) is 7.58. The summed E-state index contributed by atoms with van der Waals surface area (Å²) in [6, 6.07) is 8.18. The topological polar surface area (TPSA) is 129 Å². The summed E-state index contributed by atoms with van der Waals surface area (Å²) in [5.41, 5.74) is 1.43. The van der Waals surface area contributed by atoms with Gasteiger partial charge in [0.25, 0.3) is 11.8 Å². The number of carbonyl (C=O) groups excluding carboxylic acids is 4. The average molecular weight is 590 g/mol. The molecule has 0 aliphatic carbocycles. The molecule has 226 valence electrons. The third-order valence-corrected chi connectivity index (χ3v) is 12.6. The Labute approximate surface area is 243 Å². The van der Waals surface area contributed by atoms with Gasteiger partial charge in [-0.3, -0.25) is 19.3 Å². The van der Waals surface area contributed by atoms with Gasteiger partial charge in [0, 0.05) is 17.6 Å². The summed E-state index contributed by atoms with van der Waals surface area (Å²) in [5.74, 6) is -2.03. The van der Waals surface area contributed by atoms with Crippen molar-refractivity contribution in [2.45, 2.75) is 110 Å². The van der Waals surface area contributed by atoms with Gasteiger partial charge in [-0.05, 0) is 44.5 Å². The van der Waals surface area contributed by atoms with Crippen LogP contribution in [-0.4, -0.2) is 79.1 Å². The normalized spacial score (nSPS) is 25.6. The zero-order valence-electron chi connectivity index (χ0n) is 25.3. The number of rotatable bonds is 11. The van der Waals surface area contributed by atoms with Gasteiger partial charge in [0.1, 0.15) is 24.0 Å². The standard InChI is InChI=1S/C30H43NO9Si/c1-18(32)14-15-23(33)39-26-22(17-37-16-21-12-10-9-11-13-21)38-29(40-41(7,8)30(4,5)6)24(25(26)34)31-27(35)19(2)20(3)28(31)36/h9-13,22,24-26,29,34H,14-17H2,1-8H3/t22-,24-,25-,26-,29+/m1/s1. The summed E-state index contributed by atoms with van der Waals surface area (Å²) < 4.78 is 24.6. The Bertz CT molecular complexity index is 1150. The molecule has 1 N–H and O–H groups in total. The molecule has 5 atom stereocenters. The monoisotopic (exact) mass is 589 g/mol. The summed E-state index contributed by atoms with van der Waals surface area (Å²) in [6.07, 6.45) is -5.23. The lowest BCUT2D eigenvalue weighted by Gasteiger charge is -2.49. The minimum Gasteiger partial charge on any atom is -0.457 e. The number of aliphatic hydroxyl groups excluding tert-OH is 1. The Balaban J connectivity index is 1.97. The lowest BCUT2D eigenvalue weighted by atomic mass is 9.95. The molecule has 3 rings (SSSR count). The first-order valence-electron chi connectivity index (χ1n) is 13.9. The van der Waals surface area contributed by atoms with Crippen molar-refractivity contribution in [3.63, 3.8) is 0 Å². The van der Waals surface area contributed by atoms with E-state index in [-0.39, 0.29) is 48.0 Å². The van der Waals surface area contributed by atoms with Crippen LogP contribution in [0, 0.1) is 0 Å². The number of hydrogen-bond acceptors (Lipinski definition) is 9. The van der Waals surface area contributed by atoms with Crippen molar-refractivity contribution in [3.05, 3.63) is 47.0 Å². The maximum atomic E-state index is 13.3. The third-order valence-electron chi connectivity index (χ3n) is 8.14. The average Bonchev–Trinajstić information content (AvgIpc) is 3.07. The number of imide groups is 1. The second-order valence-electron chi connectivity index (χ2n) is 12.3. The molecule has 2 aliphatic rings. The number of ether oxygens (including phenoxy) is 3. The molecule has 1 aromatic carbocycles. The van der Waals surface area contributed by atoms with E-state index in [1.165, 1.54) is 6.92 Å². The van der Waals surface area contributed by atoms with Gasteiger partial charge >= 0.3 is 5.97 Å². The van der Waals surface area contributed by atoms with E-state index in [1.54, 1.807) is 13.8 Å². The number of Topliss-reactive ketones (excluding diaryl/α,β-unsaturated/α-hetero) is 1. The number of ketones is 1. The molecule has 11 heteroatoms. The molecule has 2 aliphatic heterocycles. The van der Waals surface area contributed by atoms with Crippen LogP contribution in [0.2, 0.25) is 18.1 Å². The van der Waals surface area contributed by atoms with E-state index < -0.39 is 56.7 Å². The van der Waals surface area contributed by atoms with E-state index in [4.69, 9.17) is 18.6 Å². The minimum absolute atomic E-state index is 0.0242. The van der Waals surface area contributed by atoms with Gasteiger partial charge in [0.15, 0.2) is 20.7 Å². The Kier molecular flexibility index (Phi) is 10.5. The van der Waals surface area contributed by atoms with E-state index in [1.807, 2.05) is 64.2 Å². The highest BCUT2D eigenvalue weighted by molar-refractivity contribution is 6.74. The van der Waals surface area contributed by atoms with Crippen LogP contribution in [0.4, 0.5) is 0 Å².